The average molecular weight is 234 g/mol. The van der Waals surface area contributed by atoms with Crippen molar-refractivity contribution in [2.45, 2.75) is 6.42 Å². The molecule has 16 heavy (non-hydrogen) atoms. The Morgan fingerprint density at radius 1 is 1.25 bits per heavy atom. The molecule has 4 heteroatoms. The Morgan fingerprint density at radius 3 is 2.69 bits per heavy atom. The molecule has 0 amide bonds. The van der Waals surface area contributed by atoms with Crippen LogP contribution in [0.25, 0.3) is 11.3 Å². The summed E-state index contributed by atoms with van der Waals surface area (Å²) in [6, 6.07) is 7.97. The van der Waals surface area contributed by atoms with Crippen molar-refractivity contribution in [1.82, 2.24) is 4.98 Å². The van der Waals surface area contributed by atoms with E-state index in [2.05, 4.69) is 4.98 Å². The van der Waals surface area contributed by atoms with Crippen LogP contribution in [-0.4, -0.2) is 18.1 Å². The third kappa shape index (κ3) is 2.81. The van der Waals surface area contributed by atoms with Crippen LogP contribution in [0.4, 0.5) is 0 Å². The minimum atomic E-state index is 0.664. The van der Waals surface area contributed by atoms with Gasteiger partial charge >= 0.3 is 0 Å². The molecule has 0 radical (unpaired) electrons. The van der Waals surface area contributed by atoms with E-state index in [9.17, 15) is 0 Å². The number of aromatic nitrogens is 1. The third-order valence-electron chi connectivity index (χ3n) is 2.20. The fourth-order valence-corrected chi connectivity index (χ4v) is 1.91. The Hall–Kier alpha value is -1.39. The van der Waals surface area contributed by atoms with Crippen molar-refractivity contribution < 1.29 is 4.74 Å². The highest BCUT2D eigenvalue weighted by atomic mass is 32.1. The van der Waals surface area contributed by atoms with Gasteiger partial charge in [-0.25, -0.2) is 4.98 Å². The zero-order chi connectivity index (χ0) is 11.2. The predicted octanol–water partition coefficient (Wildman–Crippen LogP) is 2.54. The zero-order valence-corrected chi connectivity index (χ0v) is 9.74. The maximum absolute atomic E-state index is 5.52. The van der Waals surface area contributed by atoms with Crippen LogP contribution in [0.3, 0.4) is 0 Å². The molecule has 0 aliphatic heterocycles. The fraction of sp³-hybridized carbons (Fsp3) is 0.250. The van der Waals surface area contributed by atoms with Crippen molar-refractivity contribution in [2.24, 2.45) is 5.73 Å². The molecule has 1 heterocycles. The second-order valence-corrected chi connectivity index (χ2v) is 4.11. The first kappa shape index (κ1) is 11.1. The van der Waals surface area contributed by atoms with Gasteiger partial charge in [0, 0.05) is 10.9 Å². The van der Waals surface area contributed by atoms with Crippen LogP contribution in [0.1, 0.15) is 6.42 Å². The molecule has 0 spiro atoms. The number of benzene rings is 1. The van der Waals surface area contributed by atoms with Gasteiger partial charge in [-0.3, -0.25) is 0 Å². The van der Waals surface area contributed by atoms with E-state index in [1.807, 2.05) is 35.2 Å². The summed E-state index contributed by atoms with van der Waals surface area (Å²) < 4.78 is 5.52. The molecule has 2 rings (SSSR count). The summed E-state index contributed by atoms with van der Waals surface area (Å²) in [5.41, 5.74) is 9.36. The van der Waals surface area contributed by atoms with Gasteiger partial charge in [-0.1, -0.05) is 0 Å². The molecule has 0 atom stereocenters. The Morgan fingerprint density at radius 2 is 2.06 bits per heavy atom. The topological polar surface area (TPSA) is 48.1 Å². The lowest BCUT2D eigenvalue weighted by molar-refractivity contribution is 0.313. The number of nitrogens with zero attached hydrogens (tertiary/aromatic N) is 1. The summed E-state index contributed by atoms with van der Waals surface area (Å²) >= 11 is 1.60. The van der Waals surface area contributed by atoms with Gasteiger partial charge < -0.3 is 10.5 Å². The first-order valence-corrected chi connectivity index (χ1v) is 6.16. The first-order valence-electron chi connectivity index (χ1n) is 5.21. The van der Waals surface area contributed by atoms with E-state index in [1.165, 1.54) is 0 Å². The summed E-state index contributed by atoms with van der Waals surface area (Å²) in [5.74, 6) is 0.882. The quantitative estimate of drug-likeness (QED) is 0.809. The molecule has 0 bridgehead atoms. The second kappa shape index (κ2) is 5.63. The normalized spacial score (nSPS) is 10.3. The molecule has 0 aliphatic rings. The highest BCUT2D eigenvalue weighted by Gasteiger charge is 1.99. The van der Waals surface area contributed by atoms with Gasteiger partial charge in [0.25, 0.3) is 0 Å². The van der Waals surface area contributed by atoms with Crippen LogP contribution in [0.15, 0.2) is 35.2 Å². The highest BCUT2D eigenvalue weighted by molar-refractivity contribution is 7.07. The number of hydrogen-bond donors (Lipinski definition) is 1. The molecular formula is C12H14N2OS. The minimum Gasteiger partial charge on any atom is -0.494 e. The van der Waals surface area contributed by atoms with Gasteiger partial charge in [-0.15, -0.1) is 11.3 Å². The molecular weight excluding hydrogens is 220 g/mol. The maximum Gasteiger partial charge on any atom is 0.119 e. The van der Waals surface area contributed by atoms with Crippen molar-refractivity contribution in [2.75, 3.05) is 13.2 Å². The molecule has 0 unspecified atom stereocenters. The van der Waals surface area contributed by atoms with Gasteiger partial charge in [0.05, 0.1) is 17.8 Å². The molecule has 1 aromatic carbocycles. The van der Waals surface area contributed by atoms with E-state index >= 15 is 0 Å². The van der Waals surface area contributed by atoms with Gasteiger partial charge in [0.2, 0.25) is 0 Å². The number of nitrogens with two attached hydrogens (primary N) is 1. The standard InChI is InChI=1S/C12H14N2OS/c13-6-1-7-15-11-4-2-10(3-5-11)12-8-16-9-14-12/h2-5,8-9H,1,6-7,13H2. The zero-order valence-electron chi connectivity index (χ0n) is 8.93. The summed E-state index contributed by atoms with van der Waals surface area (Å²) in [5, 5.41) is 2.03. The molecule has 0 saturated heterocycles. The Balaban J connectivity index is 2.00. The van der Waals surface area contributed by atoms with E-state index in [-0.39, 0.29) is 0 Å². The van der Waals surface area contributed by atoms with Crippen molar-refractivity contribution in [1.29, 1.82) is 0 Å². The molecule has 1 aromatic heterocycles. The lowest BCUT2D eigenvalue weighted by atomic mass is 10.2. The monoisotopic (exact) mass is 234 g/mol. The SMILES string of the molecule is NCCCOc1ccc(-c2cscn2)cc1. The average Bonchev–Trinajstić information content (AvgIpc) is 2.84. The number of rotatable bonds is 5. The Kier molecular flexibility index (Phi) is 3.91. The Labute approximate surface area is 98.9 Å². The van der Waals surface area contributed by atoms with Crippen LogP contribution < -0.4 is 10.5 Å². The minimum absolute atomic E-state index is 0.664. The van der Waals surface area contributed by atoms with Gasteiger partial charge in [0.15, 0.2) is 0 Å². The summed E-state index contributed by atoms with van der Waals surface area (Å²) in [4.78, 5) is 4.25. The van der Waals surface area contributed by atoms with E-state index in [4.69, 9.17) is 10.5 Å². The lowest BCUT2D eigenvalue weighted by Gasteiger charge is -2.05. The fourth-order valence-electron chi connectivity index (χ4n) is 1.35. The summed E-state index contributed by atoms with van der Waals surface area (Å²) in [6.07, 6.45) is 0.883. The van der Waals surface area contributed by atoms with E-state index in [0.29, 0.717) is 13.2 Å². The summed E-state index contributed by atoms with van der Waals surface area (Å²) in [6.45, 7) is 1.34. The van der Waals surface area contributed by atoms with E-state index in [1.54, 1.807) is 11.3 Å². The van der Waals surface area contributed by atoms with Crippen LogP contribution in [-0.2, 0) is 0 Å². The molecule has 0 saturated carbocycles. The van der Waals surface area contributed by atoms with Crippen LogP contribution >= 0.6 is 11.3 Å². The van der Waals surface area contributed by atoms with Gasteiger partial charge in [0.1, 0.15) is 5.75 Å². The lowest BCUT2D eigenvalue weighted by Crippen LogP contribution is -2.05. The maximum atomic E-state index is 5.52. The smallest absolute Gasteiger partial charge is 0.119 e. The van der Waals surface area contributed by atoms with Crippen molar-refractivity contribution >= 4 is 11.3 Å². The number of thiazole rings is 1. The van der Waals surface area contributed by atoms with Crippen molar-refractivity contribution in [3.63, 3.8) is 0 Å². The predicted molar refractivity (Wildman–Crippen MR) is 66.7 cm³/mol. The third-order valence-corrected chi connectivity index (χ3v) is 2.79. The molecule has 3 nitrogen and oxygen atoms in total. The molecule has 0 fully saturated rings. The summed E-state index contributed by atoms with van der Waals surface area (Å²) in [7, 11) is 0. The van der Waals surface area contributed by atoms with Crippen LogP contribution in [0.2, 0.25) is 0 Å². The second-order valence-electron chi connectivity index (χ2n) is 3.39. The van der Waals surface area contributed by atoms with Crippen LogP contribution in [0, 0.1) is 0 Å². The van der Waals surface area contributed by atoms with Gasteiger partial charge in [-0.2, -0.15) is 0 Å². The number of hydrogen-bond acceptors (Lipinski definition) is 4. The van der Waals surface area contributed by atoms with Crippen molar-refractivity contribution in [3.8, 4) is 17.0 Å². The Bertz CT molecular complexity index is 411. The molecule has 2 N–H and O–H groups in total. The molecule has 84 valence electrons. The highest BCUT2D eigenvalue weighted by Crippen LogP contribution is 2.21. The molecule has 2 aromatic rings. The van der Waals surface area contributed by atoms with Gasteiger partial charge in [-0.05, 0) is 37.2 Å². The largest absolute Gasteiger partial charge is 0.494 e. The van der Waals surface area contributed by atoms with E-state index < -0.39 is 0 Å². The van der Waals surface area contributed by atoms with E-state index in [0.717, 1.165) is 23.4 Å². The number of ether oxygens (including phenoxy) is 1. The van der Waals surface area contributed by atoms with Crippen LogP contribution in [0.5, 0.6) is 5.75 Å². The van der Waals surface area contributed by atoms with Crippen molar-refractivity contribution in [3.05, 3.63) is 35.2 Å². The molecule has 0 aliphatic carbocycles. The first-order chi connectivity index (χ1) is 7.90.